The Kier molecular flexibility index (Phi) is 43.8. The molecule has 0 aromatic rings. The zero-order valence-electron chi connectivity index (χ0n) is 5.87. The molecule has 0 atom stereocenters. The van der Waals surface area contributed by atoms with E-state index in [0.717, 1.165) is 0 Å². The molecular formula is C5H12I3V. The van der Waals surface area contributed by atoms with E-state index in [4.69, 9.17) is 0 Å². The van der Waals surface area contributed by atoms with Crippen molar-refractivity contribution in [3.05, 3.63) is 12.7 Å². The Morgan fingerprint density at radius 2 is 1.22 bits per heavy atom. The molecule has 0 heterocycles. The van der Waals surface area contributed by atoms with Gasteiger partial charge in [0.25, 0.3) is 0 Å². The van der Waals surface area contributed by atoms with E-state index in [1.54, 1.807) is 6.08 Å². The first-order valence-electron chi connectivity index (χ1n) is 2.49. The maximum atomic E-state index is 3.36. The molecule has 0 N–H and O–H groups in total. The summed E-state index contributed by atoms with van der Waals surface area (Å²) in [5.41, 5.74) is 0. The molecule has 0 bridgehead atoms. The van der Waals surface area contributed by atoms with Crippen molar-refractivity contribution in [3.63, 3.8) is 0 Å². The number of rotatable bonds is 0. The fraction of sp³-hybridized carbons (Fsp3) is 0.600. The third kappa shape index (κ3) is 121. The first-order chi connectivity index (χ1) is 4.15. The van der Waals surface area contributed by atoms with Crippen molar-refractivity contribution in [1.29, 1.82) is 0 Å². The third-order valence-electron chi connectivity index (χ3n) is 0. The average Bonchev–Trinajstić information content (AvgIpc) is 1.71. The van der Waals surface area contributed by atoms with Crippen LogP contribution in [0.3, 0.4) is 0 Å². The van der Waals surface area contributed by atoms with Gasteiger partial charge in [-0.05, 0) is 6.92 Å². The molecule has 9 heavy (non-hydrogen) atoms. The Bertz CT molecular complexity index is 36.4. The molecule has 0 rings (SSSR count). The fourth-order valence-electron chi connectivity index (χ4n) is 0. The van der Waals surface area contributed by atoms with Gasteiger partial charge >= 0.3 is 64.9 Å². The molecule has 0 spiro atoms. The number of halogens is 3. The van der Waals surface area contributed by atoms with Crippen molar-refractivity contribution in [2.45, 2.75) is 20.8 Å². The van der Waals surface area contributed by atoms with E-state index in [0.29, 0.717) is 0 Å². The van der Waals surface area contributed by atoms with Gasteiger partial charge < -0.3 is 0 Å². The van der Waals surface area contributed by atoms with Gasteiger partial charge in [-0.25, -0.2) is 0 Å². The second-order valence-corrected chi connectivity index (χ2v) is 36.0. The molecule has 0 aliphatic rings. The van der Waals surface area contributed by atoms with Gasteiger partial charge in [-0.1, -0.05) is 19.9 Å². The molecule has 4 heteroatoms. The van der Waals surface area contributed by atoms with E-state index < -0.39 is 0 Å². The summed E-state index contributed by atoms with van der Waals surface area (Å²) in [6, 6.07) is 0. The summed E-state index contributed by atoms with van der Waals surface area (Å²) < 4.78 is 0. The zero-order valence-corrected chi connectivity index (χ0v) is 13.7. The van der Waals surface area contributed by atoms with Crippen LogP contribution in [0.15, 0.2) is 12.7 Å². The normalized spacial score (nSPS) is 6.11. The van der Waals surface area contributed by atoms with Crippen LogP contribution in [0.2, 0.25) is 0 Å². The molecule has 0 nitrogen and oxygen atoms in total. The number of hydrogen-bond acceptors (Lipinski definition) is 0. The van der Waals surface area contributed by atoms with Crippen LogP contribution in [0, 0.1) is 0 Å². The van der Waals surface area contributed by atoms with Crippen LogP contribution < -0.4 is 0 Å². The van der Waals surface area contributed by atoms with Gasteiger partial charge in [0.05, 0.1) is 0 Å². The molecule has 0 amide bonds. The minimum atomic E-state index is -0.278. The van der Waals surface area contributed by atoms with Crippen molar-refractivity contribution >= 4 is 59.9 Å². The standard InChI is InChI=1S/C3H6.C2H6.3HI.V/c1-3-2;1-2;;;;/h3H,1H2,2H3;1-2H3;3*1H;/q;;;;;+3/p-3. The molecule has 0 aromatic heterocycles. The molecule has 0 aromatic carbocycles. The van der Waals surface area contributed by atoms with E-state index in [2.05, 4.69) is 66.5 Å². The van der Waals surface area contributed by atoms with Gasteiger partial charge in [0.1, 0.15) is 0 Å². The Morgan fingerprint density at radius 1 is 1.22 bits per heavy atom. The predicted octanol–water partition coefficient (Wildman–Crippen LogP) is 4.87. The molecule has 0 unspecified atom stereocenters. The molecule has 0 saturated heterocycles. The van der Waals surface area contributed by atoms with E-state index in [-0.39, 0.29) is 4.92 Å². The molecular weight excluding hydrogens is 492 g/mol. The van der Waals surface area contributed by atoms with Gasteiger partial charge in [-0.15, -0.1) is 6.58 Å². The Morgan fingerprint density at radius 3 is 1.22 bits per heavy atom. The van der Waals surface area contributed by atoms with Gasteiger partial charge in [-0.3, -0.25) is 0 Å². The Labute approximate surface area is 96.3 Å². The fourth-order valence-corrected chi connectivity index (χ4v) is 0. The van der Waals surface area contributed by atoms with Crippen LogP contribution in [0.4, 0.5) is 0 Å². The summed E-state index contributed by atoms with van der Waals surface area (Å²) in [4.78, 5) is -0.278. The summed E-state index contributed by atoms with van der Waals surface area (Å²) >= 11 is 7.39. The monoisotopic (exact) mass is 504 g/mol. The van der Waals surface area contributed by atoms with Crippen molar-refractivity contribution < 1.29 is 4.92 Å². The van der Waals surface area contributed by atoms with Crippen LogP contribution in [0.1, 0.15) is 20.8 Å². The van der Waals surface area contributed by atoms with Gasteiger partial charge in [-0.2, -0.15) is 0 Å². The molecule has 0 aliphatic heterocycles. The van der Waals surface area contributed by atoms with E-state index in [1.807, 2.05) is 20.8 Å². The van der Waals surface area contributed by atoms with Crippen molar-refractivity contribution in [3.8, 4) is 0 Å². The average molecular weight is 504 g/mol. The van der Waals surface area contributed by atoms with Crippen LogP contribution in [0.25, 0.3) is 0 Å². The third-order valence-corrected chi connectivity index (χ3v) is 0. The van der Waals surface area contributed by atoms with Crippen molar-refractivity contribution in [2.75, 3.05) is 0 Å². The number of hydrogen-bond donors (Lipinski definition) is 0. The van der Waals surface area contributed by atoms with E-state index >= 15 is 0 Å². The first kappa shape index (κ1) is 17.6. The quantitative estimate of drug-likeness (QED) is 0.327. The molecule has 0 radical (unpaired) electrons. The maximum absolute atomic E-state index is 3.36. The zero-order chi connectivity index (χ0) is 8.28. The van der Waals surface area contributed by atoms with Gasteiger partial charge in [0.2, 0.25) is 0 Å². The second kappa shape index (κ2) is 22.4. The van der Waals surface area contributed by atoms with Crippen LogP contribution in [-0.4, -0.2) is 0 Å². The Hall–Kier alpha value is 2.51. The second-order valence-electron chi connectivity index (χ2n) is 0.600. The van der Waals surface area contributed by atoms with Crippen LogP contribution >= 0.6 is 59.9 Å². The van der Waals surface area contributed by atoms with Crippen LogP contribution in [-0.2, 0) is 4.92 Å². The molecule has 0 fully saturated rings. The predicted molar refractivity (Wildman–Crippen MR) is 69.3 cm³/mol. The summed E-state index contributed by atoms with van der Waals surface area (Å²) in [5, 5.41) is 0. The minimum absolute atomic E-state index is 0.278. The van der Waals surface area contributed by atoms with Crippen LogP contribution in [0.5, 0.6) is 0 Å². The topological polar surface area (TPSA) is 0 Å². The Balaban J connectivity index is -0.0000000646. The number of allylic oxidation sites excluding steroid dienone is 1. The molecule has 58 valence electrons. The van der Waals surface area contributed by atoms with E-state index in [1.165, 1.54) is 0 Å². The van der Waals surface area contributed by atoms with Gasteiger partial charge in [0, 0.05) is 0 Å². The van der Waals surface area contributed by atoms with Crippen molar-refractivity contribution in [1.82, 2.24) is 0 Å². The summed E-state index contributed by atoms with van der Waals surface area (Å²) in [7, 11) is 0. The molecule has 0 saturated carbocycles. The van der Waals surface area contributed by atoms with Crippen molar-refractivity contribution in [2.24, 2.45) is 0 Å². The molecule has 0 aliphatic carbocycles. The summed E-state index contributed by atoms with van der Waals surface area (Å²) in [6.45, 7) is 9.25. The van der Waals surface area contributed by atoms with Gasteiger partial charge in [0.15, 0.2) is 0 Å². The summed E-state index contributed by atoms with van der Waals surface area (Å²) in [5.74, 6) is 0. The van der Waals surface area contributed by atoms with E-state index in [9.17, 15) is 0 Å². The first-order valence-corrected chi connectivity index (χ1v) is 16.0. The summed E-state index contributed by atoms with van der Waals surface area (Å²) in [6.07, 6.45) is 1.75. The SMILES string of the molecule is C=CC.CC.[I][V]([I])[I].